The molecule has 0 aromatic heterocycles. The van der Waals surface area contributed by atoms with Crippen LogP contribution in [0.15, 0.2) is 53.4 Å². The van der Waals surface area contributed by atoms with Crippen molar-refractivity contribution in [3.63, 3.8) is 0 Å². The van der Waals surface area contributed by atoms with Crippen molar-refractivity contribution in [3.8, 4) is 0 Å². The van der Waals surface area contributed by atoms with E-state index in [1.165, 1.54) is 11.6 Å². The first-order valence-corrected chi connectivity index (χ1v) is 8.31. The highest BCUT2D eigenvalue weighted by Gasteiger charge is 2.16. The molecule has 0 heterocycles. The maximum absolute atomic E-state index is 12.2. The first kappa shape index (κ1) is 15.5. The molecule has 0 saturated heterocycles. The summed E-state index contributed by atoms with van der Waals surface area (Å²) in [6.07, 6.45) is 0. The van der Waals surface area contributed by atoms with Crippen LogP contribution in [-0.2, 0) is 16.6 Å². The molecule has 0 radical (unpaired) electrons. The second-order valence-electron chi connectivity index (χ2n) is 5.26. The summed E-state index contributed by atoms with van der Waals surface area (Å²) < 4.78 is 27.0. The largest absolute Gasteiger partial charge is 0.398 e. The molecule has 0 fully saturated rings. The van der Waals surface area contributed by atoms with Gasteiger partial charge in [-0.3, -0.25) is 0 Å². The molecule has 0 aliphatic heterocycles. The van der Waals surface area contributed by atoms with Crippen LogP contribution in [-0.4, -0.2) is 8.42 Å². The van der Waals surface area contributed by atoms with Crippen LogP contribution in [0.2, 0.25) is 0 Å². The second-order valence-corrected chi connectivity index (χ2v) is 6.99. The Hall–Kier alpha value is -1.85. The van der Waals surface area contributed by atoms with Crippen LogP contribution in [0.3, 0.4) is 0 Å². The summed E-state index contributed by atoms with van der Waals surface area (Å²) in [5.41, 5.74) is 8.10. The van der Waals surface area contributed by atoms with Gasteiger partial charge in [0.15, 0.2) is 0 Å². The van der Waals surface area contributed by atoms with Crippen molar-refractivity contribution >= 4 is 15.7 Å². The Morgan fingerprint density at radius 1 is 1.05 bits per heavy atom. The van der Waals surface area contributed by atoms with Crippen molar-refractivity contribution in [1.29, 1.82) is 0 Å². The predicted molar refractivity (Wildman–Crippen MR) is 85.4 cm³/mol. The average molecular weight is 304 g/mol. The quantitative estimate of drug-likeness (QED) is 0.834. The Morgan fingerprint density at radius 2 is 1.67 bits per heavy atom. The van der Waals surface area contributed by atoms with E-state index in [0.29, 0.717) is 5.92 Å². The van der Waals surface area contributed by atoms with Gasteiger partial charge in [0.05, 0.1) is 5.69 Å². The zero-order valence-corrected chi connectivity index (χ0v) is 13.0. The zero-order chi connectivity index (χ0) is 15.5. The lowest BCUT2D eigenvalue weighted by Crippen LogP contribution is -2.24. The van der Waals surface area contributed by atoms with Crippen molar-refractivity contribution in [1.82, 2.24) is 4.72 Å². The maximum atomic E-state index is 12.2. The van der Waals surface area contributed by atoms with Crippen LogP contribution < -0.4 is 10.5 Å². The molecule has 21 heavy (non-hydrogen) atoms. The lowest BCUT2D eigenvalue weighted by molar-refractivity contribution is 0.581. The minimum absolute atomic E-state index is 0.115. The third-order valence-electron chi connectivity index (χ3n) is 3.32. The van der Waals surface area contributed by atoms with Gasteiger partial charge >= 0.3 is 0 Å². The molecule has 0 spiro atoms. The van der Waals surface area contributed by atoms with Gasteiger partial charge in [0, 0.05) is 6.54 Å². The fraction of sp³-hybridized carbons (Fsp3) is 0.250. The van der Waals surface area contributed by atoms with Gasteiger partial charge in [0.1, 0.15) is 4.90 Å². The van der Waals surface area contributed by atoms with E-state index in [0.717, 1.165) is 5.56 Å². The summed E-state index contributed by atoms with van der Waals surface area (Å²) in [4.78, 5) is 0.115. The number of sulfonamides is 1. The summed E-state index contributed by atoms with van der Waals surface area (Å²) in [5.74, 6) is 0.458. The predicted octanol–water partition coefficient (Wildman–Crippen LogP) is 2.87. The molecule has 0 aliphatic rings. The molecule has 112 valence electrons. The Morgan fingerprint density at radius 3 is 2.24 bits per heavy atom. The van der Waals surface area contributed by atoms with Gasteiger partial charge in [-0.05, 0) is 29.2 Å². The summed E-state index contributed by atoms with van der Waals surface area (Å²) >= 11 is 0. The number of nitrogen functional groups attached to an aromatic ring is 1. The van der Waals surface area contributed by atoms with E-state index in [2.05, 4.69) is 18.6 Å². The fourth-order valence-corrected chi connectivity index (χ4v) is 3.15. The number of benzene rings is 2. The van der Waals surface area contributed by atoms with Crippen molar-refractivity contribution in [2.24, 2.45) is 0 Å². The normalized spacial score (nSPS) is 11.8. The molecule has 0 unspecified atom stereocenters. The van der Waals surface area contributed by atoms with Crippen LogP contribution in [0.25, 0.3) is 0 Å². The maximum Gasteiger partial charge on any atom is 0.242 e. The fourth-order valence-electron chi connectivity index (χ4n) is 2.00. The highest BCUT2D eigenvalue weighted by molar-refractivity contribution is 7.89. The summed E-state index contributed by atoms with van der Waals surface area (Å²) in [7, 11) is -3.59. The Kier molecular flexibility index (Phi) is 4.65. The zero-order valence-electron chi connectivity index (χ0n) is 12.2. The van der Waals surface area contributed by atoms with Crippen LogP contribution in [0.4, 0.5) is 5.69 Å². The Balaban J connectivity index is 2.10. The highest BCUT2D eigenvalue weighted by atomic mass is 32.2. The minimum Gasteiger partial charge on any atom is -0.398 e. The summed E-state index contributed by atoms with van der Waals surface area (Å²) in [6, 6.07) is 14.3. The SMILES string of the molecule is CC(C)c1ccc(CNS(=O)(=O)c2ccccc2N)cc1. The lowest BCUT2D eigenvalue weighted by Gasteiger charge is -2.10. The average Bonchev–Trinajstić information content (AvgIpc) is 2.46. The van der Waals surface area contributed by atoms with Crippen molar-refractivity contribution in [3.05, 3.63) is 59.7 Å². The molecule has 0 saturated carbocycles. The molecule has 3 N–H and O–H groups in total. The minimum atomic E-state index is -3.59. The Bertz CT molecular complexity index is 707. The van der Waals surface area contributed by atoms with Gasteiger partial charge in [0.2, 0.25) is 10.0 Å². The van der Waals surface area contributed by atoms with Crippen LogP contribution in [0, 0.1) is 0 Å². The topological polar surface area (TPSA) is 72.2 Å². The number of hydrogen-bond donors (Lipinski definition) is 2. The molecule has 5 heteroatoms. The van der Waals surface area contributed by atoms with Crippen LogP contribution >= 0.6 is 0 Å². The summed E-state index contributed by atoms with van der Waals surface area (Å²) in [5, 5.41) is 0. The standard InChI is InChI=1S/C16H20N2O2S/c1-12(2)14-9-7-13(8-10-14)11-18-21(19,20)16-6-4-3-5-15(16)17/h3-10,12,18H,11,17H2,1-2H3. The number of anilines is 1. The highest BCUT2D eigenvalue weighted by Crippen LogP contribution is 2.18. The third-order valence-corrected chi connectivity index (χ3v) is 4.80. The van der Waals surface area contributed by atoms with Crippen molar-refractivity contribution in [2.75, 3.05) is 5.73 Å². The van der Waals surface area contributed by atoms with Gasteiger partial charge in [0.25, 0.3) is 0 Å². The lowest BCUT2D eigenvalue weighted by atomic mass is 10.0. The van der Waals surface area contributed by atoms with E-state index < -0.39 is 10.0 Å². The van der Waals surface area contributed by atoms with E-state index in [9.17, 15) is 8.42 Å². The van der Waals surface area contributed by atoms with Crippen molar-refractivity contribution < 1.29 is 8.42 Å². The Labute approximate surface area is 126 Å². The first-order valence-electron chi connectivity index (χ1n) is 6.83. The van der Waals surface area contributed by atoms with Crippen molar-refractivity contribution in [2.45, 2.75) is 31.2 Å². The molecule has 2 rings (SSSR count). The number of para-hydroxylation sites is 1. The number of hydrogen-bond acceptors (Lipinski definition) is 3. The van der Waals surface area contributed by atoms with Crippen LogP contribution in [0.1, 0.15) is 30.9 Å². The molecular weight excluding hydrogens is 284 g/mol. The molecule has 4 nitrogen and oxygen atoms in total. The number of rotatable bonds is 5. The van der Waals surface area contributed by atoms with Gasteiger partial charge in [-0.25, -0.2) is 13.1 Å². The molecule has 0 atom stereocenters. The molecular formula is C16H20N2O2S. The molecule has 0 bridgehead atoms. The monoisotopic (exact) mass is 304 g/mol. The van der Waals surface area contributed by atoms with E-state index in [-0.39, 0.29) is 17.1 Å². The molecule has 2 aromatic rings. The molecule has 0 aliphatic carbocycles. The third kappa shape index (κ3) is 3.83. The number of nitrogens with one attached hydrogen (secondary N) is 1. The number of nitrogens with two attached hydrogens (primary N) is 1. The van der Waals surface area contributed by atoms with Crippen LogP contribution in [0.5, 0.6) is 0 Å². The molecule has 0 amide bonds. The van der Waals surface area contributed by atoms with Gasteiger partial charge in [-0.15, -0.1) is 0 Å². The van der Waals surface area contributed by atoms with Gasteiger partial charge in [-0.2, -0.15) is 0 Å². The van der Waals surface area contributed by atoms with E-state index >= 15 is 0 Å². The van der Waals surface area contributed by atoms with E-state index in [1.54, 1.807) is 18.2 Å². The smallest absolute Gasteiger partial charge is 0.242 e. The molecule has 2 aromatic carbocycles. The summed E-state index contributed by atoms with van der Waals surface area (Å²) in [6.45, 7) is 4.49. The van der Waals surface area contributed by atoms with Gasteiger partial charge in [-0.1, -0.05) is 50.2 Å². The van der Waals surface area contributed by atoms with E-state index in [1.807, 2.05) is 24.3 Å². The second kappa shape index (κ2) is 6.28. The first-order chi connectivity index (χ1) is 9.90. The van der Waals surface area contributed by atoms with E-state index in [4.69, 9.17) is 5.73 Å². The van der Waals surface area contributed by atoms with Gasteiger partial charge < -0.3 is 5.73 Å².